The van der Waals surface area contributed by atoms with Crippen LogP contribution >= 0.6 is 0 Å². The van der Waals surface area contributed by atoms with E-state index >= 15 is 0 Å². The minimum Gasteiger partial charge on any atom is -0.396 e. The zero-order valence-corrected chi connectivity index (χ0v) is 8.71. The fourth-order valence-electron chi connectivity index (χ4n) is 1.38. The van der Waals surface area contributed by atoms with Crippen LogP contribution in [0, 0.1) is 0 Å². The molecular formula is C10H23NO. The maximum Gasteiger partial charge on any atom is 0.0431 e. The van der Waals surface area contributed by atoms with Crippen molar-refractivity contribution >= 4 is 0 Å². The maximum absolute atomic E-state index is 8.63. The Labute approximate surface area is 76.6 Å². The normalized spacial score (nSPS) is 13.8. The molecule has 0 spiro atoms. The van der Waals surface area contributed by atoms with Gasteiger partial charge in [0.25, 0.3) is 0 Å². The molecule has 0 radical (unpaired) electrons. The minimum absolute atomic E-state index is 0.331. The third-order valence-electron chi connectivity index (χ3n) is 2.47. The molecule has 74 valence electrons. The first-order valence-corrected chi connectivity index (χ1v) is 5.11. The van der Waals surface area contributed by atoms with Crippen LogP contribution in [0.15, 0.2) is 0 Å². The van der Waals surface area contributed by atoms with Crippen molar-refractivity contribution in [3.05, 3.63) is 0 Å². The van der Waals surface area contributed by atoms with E-state index < -0.39 is 0 Å². The van der Waals surface area contributed by atoms with E-state index in [2.05, 4.69) is 25.7 Å². The van der Waals surface area contributed by atoms with Gasteiger partial charge in [-0.05, 0) is 39.3 Å². The Morgan fingerprint density at radius 3 is 2.33 bits per heavy atom. The van der Waals surface area contributed by atoms with Gasteiger partial charge >= 0.3 is 0 Å². The summed E-state index contributed by atoms with van der Waals surface area (Å²) in [5.74, 6) is 0. The highest BCUT2D eigenvalue weighted by Crippen LogP contribution is 2.04. The van der Waals surface area contributed by atoms with E-state index in [-0.39, 0.29) is 0 Å². The smallest absolute Gasteiger partial charge is 0.0431 e. The van der Waals surface area contributed by atoms with E-state index in [4.69, 9.17) is 5.11 Å². The van der Waals surface area contributed by atoms with Gasteiger partial charge in [0.1, 0.15) is 0 Å². The van der Waals surface area contributed by atoms with Crippen molar-refractivity contribution in [2.75, 3.05) is 19.7 Å². The molecule has 12 heavy (non-hydrogen) atoms. The topological polar surface area (TPSA) is 23.5 Å². The molecule has 2 heteroatoms. The molecule has 0 amide bonds. The van der Waals surface area contributed by atoms with Crippen molar-refractivity contribution in [3.8, 4) is 0 Å². The largest absolute Gasteiger partial charge is 0.396 e. The second-order valence-corrected chi connectivity index (χ2v) is 3.32. The van der Waals surface area contributed by atoms with Crippen molar-refractivity contribution in [1.82, 2.24) is 4.90 Å². The molecule has 0 aliphatic heterocycles. The Hall–Kier alpha value is -0.0800. The number of aliphatic hydroxyl groups is 1. The molecule has 0 aromatic heterocycles. The molecule has 0 saturated carbocycles. The highest BCUT2D eigenvalue weighted by atomic mass is 16.2. The van der Waals surface area contributed by atoms with E-state index in [0.29, 0.717) is 12.6 Å². The number of unbranched alkanes of at least 4 members (excludes halogenated alkanes) is 1. The summed E-state index contributed by atoms with van der Waals surface area (Å²) in [5, 5.41) is 8.63. The van der Waals surface area contributed by atoms with Crippen molar-refractivity contribution in [2.24, 2.45) is 0 Å². The van der Waals surface area contributed by atoms with Crippen LogP contribution in [0.2, 0.25) is 0 Å². The van der Waals surface area contributed by atoms with Gasteiger partial charge in [-0.2, -0.15) is 0 Å². The monoisotopic (exact) mass is 173 g/mol. The summed E-state index contributed by atoms with van der Waals surface area (Å²) in [5.41, 5.74) is 0. The number of hydrogen-bond acceptors (Lipinski definition) is 2. The van der Waals surface area contributed by atoms with Crippen LogP contribution in [0.5, 0.6) is 0 Å². The molecule has 0 bridgehead atoms. The molecule has 0 aliphatic rings. The zero-order valence-electron chi connectivity index (χ0n) is 8.71. The first kappa shape index (κ1) is 11.9. The molecular weight excluding hydrogens is 150 g/mol. The quantitative estimate of drug-likeness (QED) is 0.594. The predicted octanol–water partition coefficient (Wildman–Crippen LogP) is 1.88. The van der Waals surface area contributed by atoms with E-state index in [1.165, 1.54) is 6.42 Å². The summed E-state index contributed by atoms with van der Waals surface area (Å²) in [4.78, 5) is 2.47. The van der Waals surface area contributed by atoms with Gasteiger partial charge in [0.2, 0.25) is 0 Å². The van der Waals surface area contributed by atoms with Crippen molar-refractivity contribution in [2.45, 2.75) is 46.1 Å². The lowest BCUT2D eigenvalue weighted by molar-refractivity contribution is 0.200. The molecule has 0 fully saturated rings. The fraction of sp³-hybridized carbons (Fsp3) is 1.00. The van der Waals surface area contributed by atoms with Gasteiger partial charge in [-0.1, -0.05) is 13.8 Å². The summed E-state index contributed by atoms with van der Waals surface area (Å²) in [7, 11) is 0. The third-order valence-corrected chi connectivity index (χ3v) is 2.47. The van der Waals surface area contributed by atoms with Gasteiger partial charge < -0.3 is 10.0 Å². The second kappa shape index (κ2) is 7.56. The van der Waals surface area contributed by atoms with E-state index in [9.17, 15) is 0 Å². The van der Waals surface area contributed by atoms with E-state index in [0.717, 1.165) is 25.9 Å². The predicted molar refractivity (Wildman–Crippen MR) is 53.3 cm³/mol. The first-order chi connectivity index (χ1) is 5.76. The molecule has 0 aromatic carbocycles. The molecule has 0 aromatic rings. The molecule has 1 N–H and O–H groups in total. The molecule has 0 rings (SSSR count). The fourth-order valence-corrected chi connectivity index (χ4v) is 1.38. The molecule has 1 unspecified atom stereocenters. The summed E-state index contributed by atoms with van der Waals surface area (Å²) < 4.78 is 0. The van der Waals surface area contributed by atoms with Gasteiger partial charge in [-0.3, -0.25) is 0 Å². The van der Waals surface area contributed by atoms with Crippen molar-refractivity contribution in [1.29, 1.82) is 0 Å². The Morgan fingerprint density at radius 2 is 1.92 bits per heavy atom. The highest BCUT2D eigenvalue weighted by Gasteiger charge is 2.08. The summed E-state index contributed by atoms with van der Waals surface area (Å²) >= 11 is 0. The third kappa shape index (κ3) is 4.73. The van der Waals surface area contributed by atoms with Crippen molar-refractivity contribution < 1.29 is 5.11 Å². The summed E-state index contributed by atoms with van der Waals surface area (Å²) in [6, 6.07) is 0.689. The van der Waals surface area contributed by atoms with E-state index in [1.54, 1.807) is 0 Å². The lowest BCUT2D eigenvalue weighted by Crippen LogP contribution is -2.33. The van der Waals surface area contributed by atoms with Crippen LogP contribution in [0.3, 0.4) is 0 Å². The molecule has 0 saturated heterocycles. The van der Waals surface area contributed by atoms with Crippen LogP contribution in [-0.2, 0) is 0 Å². The van der Waals surface area contributed by atoms with Crippen molar-refractivity contribution in [3.63, 3.8) is 0 Å². The summed E-state index contributed by atoms with van der Waals surface area (Å²) in [6.07, 6.45) is 3.27. The Balaban J connectivity index is 3.52. The average molecular weight is 173 g/mol. The maximum atomic E-state index is 8.63. The number of aliphatic hydroxyl groups excluding tert-OH is 1. The van der Waals surface area contributed by atoms with Crippen LogP contribution in [0.4, 0.5) is 0 Å². The second-order valence-electron chi connectivity index (χ2n) is 3.32. The highest BCUT2D eigenvalue weighted by molar-refractivity contribution is 4.63. The van der Waals surface area contributed by atoms with Gasteiger partial charge in [-0.25, -0.2) is 0 Å². The SMILES string of the molecule is CCC(C)N(CC)CCCCO. The van der Waals surface area contributed by atoms with Crippen LogP contribution in [0.1, 0.15) is 40.0 Å². The Morgan fingerprint density at radius 1 is 1.25 bits per heavy atom. The number of hydrogen-bond donors (Lipinski definition) is 1. The standard InChI is InChI=1S/C10H23NO/c1-4-10(3)11(5-2)8-6-7-9-12/h10,12H,4-9H2,1-3H3. The molecule has 2 nitrogen and oxygen atoms in total. The van der Waals surface area contributed by atoms with E-state index in [1.807, 2.05) is 0 Å². The molecule has 1 atom stereocenters. The Kier molecular flexibility index (Phi) is 7.51. The average Bonchev–Trinajstić information content (AvgIpc) is 2.11. The number of rotatable bonds is 7. The number of nitrogens with zero attached hydrogens (tertiary/aromatic N) is 1. The summed E-state index contributed by atoms with van der Waals surface area (Å²) in [6.45, 7) is 9.28. The van der Waals surface area contributed by atoms with Gasteiger partial charge in [0.05, 0.1) is 0 Å². The Bertz CT molecular complexity index is 95.8. The zero-order chi connectivity index (χ0) is 9.40. The van der Waals surface area contributed by atoms with Gasteiger partial charge in [-0.15, -0.1) is 0 Å². The van der Waals surface area contributed by atoms with Crippen LogP contribution in [-0.4, -0.2) is 35.7 Å². The lowest BCUT2D eigenvalue weighted by atomic mass is 10.2. The van der Waals surface area contributed by atoms with Gasteiger partial charge in [0, 0.05) is 12.6 Å². The van der Waals surface area contributed by atoms with Crippen LogP contribution in [0.25, 0.3) is 0 Å². The minimum atomic E-state index is 0.331. The van der Waals surface area contributed by atoms with Crippen LogP contribution < -0.4 is 0 Å². The lowest BCUT2D eigenvalue weighted by Gasteiger charge is -2.26. The van der Waals surface area contributed by atoms with Gasteiger partial charge in [0.15, 0.2) is 0 Å². The molecule has 0 heterocycles. The first-order valence-electron chi connectivity index (χ1n) is 5.11. The molecule has 0 aliphatic carbocycles.